The lowest BCUT2D eigenvalue weighted by Gasteiger charge is -2.20. The molecule has 0 fully saturated rings. The highest BCUT2D eigenvalue weighted by Gasteiger charge is 2.24. The Hall–Kier alpha value is -1.56. The van der Waals surface area contributed by atoms with Crippen LogP contribution in [0.1, 0.15) is 53.2 Å². The minimum Gasteiger partial charge on any atom is -0.443 e. The van der Waals surface area contributed by atoms with Crippen LogP contribution in [0.15, 0.2) is 24.4 Å². The molecule has 5 nitrogen and oxygen atoms in total. The lowest BCUT2D eigenvalue weighted by Crippen LogP contribution is -2.30. The highest BCUT2D eigenvalue weighted by atomic mass is 35.5. The van der Waals surface area contributed by atoms with Crippen LogP contribution in [0.25, 0.3) is 10.9 Å². The minimum atomic E-state index is -0.788. The van der Waals surface area contributed by atoms with Gasteiger partial charge in [0, 0.05) is 30.2 Å². The molecule has 2 aromatic rings. The van der Waals surface area contributed by atoms with Gasteiger partial charge in [0.1, 0.15) is 5.60 Å². The molecule has 1 unspecified atom stereocenters. The average Bonchev–Trinajstić information content (AvgIpc) is 2.85. The van der Waals surface area contributed by atoms with Crippen LogP contribution in [0.5, 0.6) is 0 Å². The molecule has 1 atom stereocenters. The number of carbonyl (C=O) groups excluding carboxylic acids is 1. The molecule has 26 heavy (non-hydrogen) atoms. The molecule has 1 aromatic heterocycles. The maximum absolute atomic E-state index is 12.6. The summed E-state index contributed by atoms with van der Waals surface area (Å²) in [6.07, 6.45) is 0.336. The second-order valence-corrected chi connectivity index (χ2v) is 9.18. The van der Waals surface area contributed by atoms with Crippen LogP contribution in [-0.2, 0) is 4.74 Å². The van der Waals surface area contributed by atoms with Gasteiger partial charge >= 0.3 is 6.09 Å². The molecular formula is C20H29ClN2O3. The maximum Gasteiger partial charge on any atom is 0.419 e. The van der Waals surface area contributed by atoms with Crippen LogP contribution in [0.4, 0.5) is 4.79 Å². The van der Waals surface area contributed by atoms with Crippen LogP contribution in [0, 0.1) is 5.41 Å². The standard InChI is InChI=1S/C20H29ClN2O3/c1-19(2,3)12-22-10-16(24)13-11-23(18(25)26-20(4,5)6)15-9-7-8-14(21)17(13)15/h7-9,11,16,22,24H,10,12H2,1-6H3. The Morgan fingerprint density at radius 1 is 1.27 bits per heavy atom. The van der Waals surface area contributed by atoms with E-state index in [4.69, 9.17) is 16.3 Å². The first-order valence-corrected chi connectivity index (χ1v) is 9.18. The number of fused-ring (bicyclic) bond motifs is 1. The number of nitrogens with one attached hydrogen (secondary N) is 1. The SMILES string of the molecule is CC(C)(C)CNCC(O)c1cn(C(=O)OC(C)(C)C)c2cccc(Cl)c12. The van der Waals surface area contributed by atoms with E-state index in [1.165, 1.54) is 4.57 Å². The highest BCUT2D eigenvalue weighted by Crippen LogP contribution is 2.33. The molecule has 1 heterocycles. The predicted molar refractivity (Wildman–Crippen MR) is 106 cm³/mol. The molecule has 1 aromatic carbocycles. The van der Waals surface area contributed by atoms with E-state index in [1.807, 2.05) is 20.8 Å². The second kappa shape index (κ2) is 7.59. The van der Waals surface area contributed by atoms with Crippen LogP contribution < -0.4 is 5.32 Å². The molecule has 0 bridgehead atoms. The molecule has 0 spiro atoms. The first-order valence-electron chi connectivity index (χ1n) is 8.81. The van der Waals surface area contributed by atoms with E-state index in [-0.39, 0.29) is 5.41 Å². The van der Waals surface area contributed by atoms with Gasteiger partial charge in [-0.3, -0.25) is 4.57 Å². The highest BCUT2D eigenvalue weighted by molar-refractivity contribution is 6.35. The number of aromatic nitrogens is 1. The van der Waals surface area contributed by atoms with E-state index in [0.29, 0.717) is 28.0 Å². The number of carbonyl (C=O) groups is 1. The van der Waals surface area contributed by atoms with Crippen molar-refractivity contribution in [1.82, 2.24) is 9.88 Å². The molecule has 0 saturated carbocycles. The number of hydrogen-bond donors (Lipinski definition) is 2. The largest absolute Gasteiger partial charge is 0.443 e. The first-order chi connectivity index (χ1) is 11.9. The topological polar surface area (TPSA) is 63.5 Å². The van der Waals surface area contributed by atoms with Crippen molar-refractivity contribution in [3.05, 3.63) is 35.0 Å². The Morgan fingerprint density at radius 3 is 2.50 bits per heavy atom. The fourth-order valence-electron chi connectivity index (χ4n) is 2.68. The average molecular weight is 381 g/mol. The third-order valence-electron chi connectivity index (χ3n) is 3.75. The lowest BCUT2D eigenvalue weighted by atomic mass is 9.97. The molecule has 144 valence electrons. The summed E-state index contributed by atoms with van der Waals surface area (Å²) >= 11 is 6.37. The van der Waals surface area contributed by atoms with Crippen molar-refractivity contribution in [3.63, 3.8) is 0 Å². The smallest absolute Gasteiger partial charge is 0.419 e. The quantitative estimate of drug-likeness (QED) is 0.803. The summed E-state index contributed by atoms with van der Waals surface area (Å²) in [5.74, 6) is 0. The van der Waals surface area contributed by atoms with Crippen LogP contribution in [0.2, 0.25) is 5.02 Å². The van der Waals surface area contributed by atoms with Crippen molar-refractivity contribution in [2.45, 2.75) is 53.2 Å². The van der Waals surface area contributed by atoms with Crippen molar-refractivity contribution in [3.8, 4) is 0 Å². The zero-order chi connectivity index (χ0) is 19.7. The zero-order valence-corrected chi connectivity index (χ0v) is 17.1. The van der Waals surface area contributed by atoms with E-state index < -0.39 is 17.8 Å². The Kier molecular flexibility index (Phi) is 6.06. The summed E-state index contributed by atoms with van der Waals surface area (Å²) in [7, 11) is 0. The van der Waals surface area contributed by atoms with Gasteiger partial charge in [-0.15, -0.1) is 0 Å². The summed E-state index contributed by atoms with van der Waals surface area (Å²) in [5.41, 5.74) is 0.732. The Bertz CT molecular complexity index is 785. The molecule has 2 rings (SSSR count). The molecular weight excluding hydrogens is 352 g/mol. The minimum absolute atomic E-state index is 0.113. The van der Waals surface area contributed by atoms with Gasteiger partial charge in [-0.2, -0.15) is 0 Å². The molecule has 6 heteroatoms. The predicted octanol–water partition coefficient (Wildman–Crippen LogP) is 4.75. The molecule has 2 N–H and O–H groups in total. The van der Waals surface area contributed by atoms with Crippen molar-refractivity contribution in [2.75, 3.05) is 13.1 Å². The summed E-state index contributed by atoms with van der Waals surface area (Å²) in [6.45, 7) is 13.0. The Labute approximate surface area is 160 Å². The number of rotatable bonds is 4. The number of nitrogens with zero attached hydrogens (tertiary/aromatic N) is 1. The molecule has 0 aliphatic carbocycles. The number of benzene rings is 1. The second-order valence-electron chi connectivity index (χ2n) is 8.78. The zero-order valence-electron chi connectivity index (χ0n) is 16.4. The number of ether oxygens (including phenoxy) is 1. The third-order valence-corrected chi connectivity index (χ3v) is 4.07. The van der Waals surface area contributed by atoms with Crippen LogP contribution in [0.3, 0.4) is 0 Å². The van der Waals surface area contributed by atoms with Gasteiger partial charge in [0.2, 0.25) is 0 Å². The van der Waals surface area contributed by atoms with Crippen molar-refractivity contribution in [1.29, 1.82) is 0 Å². The van der Waals surface area contributed by atoms with Crippen molar-refractivity contribution < 1.29 is 14.6 Å². The summed E-state index contributed by atoms with van der Waals surface area (Å²) in [5, 5.41) is 15.1. The maximum atomic E-state index is 12.6. The number of aliphatic hydroxyl groups excluding tert-OH is 1. The lowest BCUT2D eigenvalue weighted by molar-refractivity contribution is 0.0543. The molecule has 0 saturated heterocycles. The summed E-state index contributed by atoms with van der Waals surface area (Å²) in [4.78, 5) is 12.6. The van der Waals surface area contributed by atoms with E-state index in [9.17, 15) is 9.90 Å². The van der Waals surface area contributed by atoms with E-state index in [2.05, 4.69) is 26.1 Å². The molecule has 0 aliphatic heterocycles. The van der Waals surface area contributed by atoms with E-state index in [0.717, 1.165) is 6.54 Å². The fraction of sp³-hybridized carbons (Fsp3) is 0.550. The molecule has 0 aliphatic rings. The number of halogens is 1. The monoisotopic (exact) mass is 380 g/mol. The van der Waals surface area contributed by atoms with Crippen LogP contribution in [-0.4, -0.2) is 34.5 Å². The number of hydrogen-bond acceptors (Lipinski definition) is 4. The van der Waals surface area contributed by atoms with Gasteiger partial charge in [-0.1, -0.05) is 38.4 Å². The third kappa shape index (κ3) is 5.22. The van der Waals surface area contributed by atoms with Crippen molar-refractivity contribution in [2.24, 2.45) is 5.41 Å². The van der Waals surface area contributed by atoms with Gasteiger partial charge < -0.3 is 15.2 Å². The fourth-order valence-corrected chi connectivity index (χ4v) is 2.96. The molecule has 0 radical (unpaired) electrons. The van der Waals surface area contributed by atoms with Gasteiger partial charge in [0.25, 0.3) is 0 Å². The normalized spacial score (nSPS) is 13.8. The number of aliphatic hydroxyl groups is 1. The van der Waals surface area contributed by atoms with Gasteiger partial charge in [-0.25, -0.2) is 4.79 Å². The van der Waals surface area contributed by atoms with Gasteiger partial charge in [0.15, 0.2) is 0 Å². The van der Waals surface area contributed by atoms with Crippen LogP contribution >= 0.6 is 11.6 Å². The van der Waals surface area contributed by atoms with Gasteiger partial charge in [-0.05, 0) is 38.3 Å². The first kappa shape index (κ1) is 20.7. The van der Waals surface area contributed by atoms with E-state index >= 15 is 0 Å². The van der Waals surface area contributed by atoms with Crippen molar-refractivity contribution >= 4 is 28.6 Å². The summed E-state index contributed by atoms with van der Waals surface area (Å²) in [6, 6.07) is 5.33. The Balaban J connectivity index is 2.36. The van der Waals surface area contributed by atoms with Gasteiger partial charge in [0.05, 0.1) is 16.6 Å². The van der Waals surface area contributed by atoms with E-state index in [1.54, 1.807) is 24.4 Å². The molecule has 0 amide bonds. The Morgan fingerprint density at radius 2 is 1.92 bits per heavy atom. The summed E-state index contributed by atoms with van der Waals surface area (Å²) < 4.78 is 6.89.